The number of aliphatic hydroxyl groups is 1. The Morgan fingerprint density at radius 3 is 3.00 bits per heavy atom. The minimum atomic E-state index is -0.830. The second-order valence-electron chi connectivity index (χ2n) is 3.54. The van der Waals surface area contributed by atoms with Crippen LogP contribution in [0.15, 0.2) is 30.9 Å². The van der Waals surface area contributed by atoms with E-state index in [2.05, 4.69) is 6.58 Å². The van der Waals surface area contributed by atoms with Crippen molar-refractivity contribution in [1.82, 2.24) is 0 Å². The van der Waals surface area contributed by atoms with Gasteiger partial charge in [0.25, 0.3) is 0 Å². The third kappa shape index (κ3) is 1.14. The molecule has 2 rings (SSSR count). The van der Waals surface area contributed by atoms with Crippen LogP contribution in [-0.2, 0) is 12.0 Å². The van der Waals surface area contributed by atoms with Crippen LogP contribution >= 0.6 is 0 Å². The van der Waals surface area contributed by atoms with Gasteiger partial charge in [-0.1, -0.05) is 18.7 Å². The van der Waals surface area contributed by atoms with E-state index in [4.69, 9.17) is 5.73 Å². The lowest BCUT2D eigenvalue weighted by Crippen LogP contribution is -2.17. The maximum atomic E-state index is 10.1. The molecule has 1 aliphatic rings. The molecule has 0 heterocycles. The number of hydrogen-bond donors (Lipinski definition) is 2. The molecule has 3 N–H and O–H groups in total. The van der Waals surface area contributed by atoms with Gasteiger partial charge in [-0.15, -0.1) is 0 Å². The van der Waals surface area contributed by atoms with Crippen molar-refractivity contribution in [1.29, 1.82) is 0 Å². The maximum Gasteiger partial charge on any atom is 0.108 e. The Bertz CT molecular complexity index is 359. The molecule has 1 aromatic rings. The lowest BCUT2D eigenvalue weighted by atomic mass is 9.96. The van der Waals surface area contributed by atoms with Gasteiger partial charge in [-0.25, -0.2) is 0 Å². The second-order valence-corrected chi connectivity index (χ2v) is 3.54. The molecular weight excluding hydrogens is 162 g/mol. The summed E-state index contributed by atoms with van der Waals surface area (Å²) in [4.78, 5) is 0. The first-order valence-electron chi connectivity index (χ1n) is 4.40. The van der Waals surface area contributed by atoms with Crippen molar-refractivity contribution in [3.05, 3.63) is 42.0 Å². The van der Waals surface area contributed by atoms with Crippen LogP contribution in [0.3, 0.4) is 0 Å². The zero-order valence-corrected chi connectivity index (χ0v) is 7.46. The number of benzene rings is 1. The van der Waals surface area contributed by atoms with Crippen LogP contribution < -0.4 is 5.73 Å². The predicted octanol–water partition coefficient (Wildman–Crippen LogP) is 1.59. The monoisotopic (exact) mass is 175 g/mol. The highest BCUT2D eigenvalue weighted by atomic mass is 16.3. The second kappa shape index (κ2) is 2.60. The first kappa shape index (κ1) is 8.32. The van der Waals surface area contributed by atoms with Crippen molar-refractivity contribution >= 4 is 5.69 Å². The molecule has 2 heteroatoms. The molecule has 0 saturated heterocycles. The number of fused-ring (bicyclic) bond motifs is 1. The van der Waals surface area contributed by atoms with Crippen molar-refractivity contribution in [2.24, 2.45) is 0 Å². The molecule has 0 bridgehead atoms. The van der Waals surface area contributed by atoms with Gasteiger partial charge in [-0.05, 0) is 36.1 Å². The number of nitrogen functional groups attached to an aromatic ring is 1. The zero-order chi connectivity index (χ0) is 9.47. The first-order valence-corrected chi connectivity index (χ1v) is 4.40. The summed E-state index contributed by atoms with van der Waals surface area (Å²) < 4.78 is 0. The fourth-order valence-electron chi connectivity index (χ4n) is 1.91. The lowest BCUT2D eigenvalue weighted by Gasteiger charge is -2.18. The van der Waals surface area contributed by atoms with Crippen LogP contribution in [-0.4, -0.2) is 5.11 Å². The molecular formula is C11H13NO. The molecule has 0 aromatic heterocycles. The molecule has 1 aromatic carbocycles. The fraction of sp³-hybridized carbons (Fsp3) is 0.273. The quantitative estimate of drug-likeness (QED) is 0.503. The Hall–Kier alpha value is -1.28. The average Bonchev–Trinajstić information content (AvgIpc) is 2.45. The van der Waals surface area contributed by atoms with Gasteiger partial charge in [0.2, 0.25) is 0 Å². The Morgan fingerprint density at radius 1 is 1.54 bits per heavy atom. The van der Waals surface area contributed by atoms with Crippen molar-refractivity contribution in [2.75, 3.05) is 5.73 Å². The summed E-state index contributed by atoms with van der Waals surface area (Å²) in [6.07, 6.45) is 3.20. The average molecular weight is 175 g/mol. The molecule has 1 unspecified atom stereocenters. The number of anilines is 1. The van der Waals surface area contributed by atoms with Crippen molar-refractivity contribution in [3.63, 3.8) is 0 Å². The van der Waals surface area contributed by atoms with E-state index in [0.717, 1.165) is 29.7 Å². The molecule has 1 atom stereocenters. The Balaban J connectivity index is 2.55. The summed E-state index contributed by atoms with van der Waals surface area (Å²) >= 11 is 0. The standard InChI is InChI=1S/C11H13NO/c1-2-11(13)6-5-8-7-9(12)3-4-10(8)11/h2-4,7,13H,1,5-6,12H2. The van der Waals surface area contributed by atoms with Crippen LogP contribution in [0.1, 0.15) is 17.5 Å². The molecule has 13 heavy (non-hydrogen) atoms. The van der Waals surface area contributed by atoms with Crippen LogP contribution in [0.25, 0.3) is 0 Å². The van der Waals surface area contributed by atoms with Crippen molar-refractivity contribution in [3.8, 4) is 0 Å². The van der Waals surface area contributed by atoms with E-state index in [-0.39, 0.29) is 0 Å². The van der Waals surface area contributed by atoms with E-state index in [1.54, 1.807) is 6.08 Å². The SMILES string of the molecule is C=CC1(O)CCc2cc(N)ccc21. The van der Waals surface area contributed by atoms with Crippen molar-refractivity contribution < 1.29 is 5.11 Å². The molecule has 68 valence electrons. The molecule has 0 amide bonds. The molecule has 0 spiro atoms. The van der Waals surface area contributed by atoms with Gasteiger partial charge in [-0.2, -0.15) is 0 Å². The summed E-state index contributed by atoms with van der Waals surface area (Å²) in [5.74, 6) is 0. The number of nitrogens with two attached hydrogens (primary N) is 1. The van der Waals surface area contributed by atoms with Gasteiger partial charge >= 0.3 is 0 Å². The summed E-state index contributed by atoms with van der Waals surface area (Å²) in [6, 6.07) is 5.63. The highest BCUT2D eigenvalue weighted by Crippen LogP contribution is 2.38. The molecule has 0 aliphatic heterocycles. The van der Waals surface area contributed by atoms with Gasteiger partial charge in [0, 0.05) is 5.69 Å². The Kier molecular flexibility index (Phi) is 1.67. The largest absolute Gasteiger partial charge is 0.399 e. The summed E-state index contributed by atoms with van der Waals surface area (Å²) in [5, 5.41) is 10.1. The highest BCUT2D eigenvalue weighted by Gasteiger charge is 2.33. The smallest absolute Gasteiger partial charge is 0.108 e. The fourth-order valence-corrected chi connectivity index (χ4v) is 1.91. The van der Waals surface area contributed by atoms with Gasteiger partial charge in [0.05, 0.1) is 0 Å². The minimum Gasteiger partial charge on any atom is -0.399 e. The number of aryl methyl sites for hydroxylation is 1. The zero-order valence-electron chi connectivity index (χ0n) is 7.46. The van der Waals surface area contributed by atoms with Gasteiger partial charge in [0.15, 0.2) is 0 Å². The minimum absolute atomic E-state index is 0.718. The van der Waals surface area contributed by atoms with Crippen molar-refractivity contribution in [2.45, 2.75) is 18.4 Å². The lowest BCUT2D eigenvalue weighted by molar-refractivity contribution is 0.0920. The van der Waals surface area contributed by atoms with Crippen LogP contribution in [0.5, 0.6) is 0 Å². The molecule has 2 nitrogen and oxygen atoms in total. The summed E-state index contributed by atoms with van der Waals surface area (Å²) in [6.45, 7) is 3.65. The third-order valence-electron chi connectivity index (χ3n) is 2.71. The van der Waals surface area contributed by atoms with E-state index in [1.807, 2.05) is 18.2 Å². The van der Waals surface area contributed by atoms with Gasteiger partial charge in [0.1, 0.15) is 5.60 Å². The Labute approximate surface area is 77.7 Å². The highest BCUT2D eigenvalue weighted by molar-refractivity contribution is 5.50. The molecule has 0 radical (unpaired) electrons. The van der Waals surface area contributed by atoms with Crippen LogP contribution in [0, 0.1) is 0 Å². The topological polar surface area (TPSA) is 46.2 Å². The van der Waals surface area contributed by atoms with Crippen LogP contribution in [0.2, 0.25) is 0 Å². The third-order valence-corrected chi connectivity index (χ3v) is 2.71. The van der Waals surface area contributed by atoms with E-state index in [1.165, 1.54) is 0 Å². The normalized spacial score (nSPS) is 25.6. The molecule has 0 fully saturated rings. The summed E-state index contributed by atoms with van der Waals surface area (Å²) in [7, 11) is 0. The molecule has 1 aliphatic carbocycles. The Morgan fingerprint density at radius 2 is 2.31 bits per heavy atom. The van der Waals surface area contributed by atoms with E-state index in [9.17, 15) is 5.11 Å². The van der Waals surface area contributed by atoms with E-state index in [0.29, 0.717) is 0 Å². The molecule has 0 saturated carbocycles. The van der Waals surface area contributed by atoms with E-state index < -0.39 is 5.60 Å². The van der Waals surface area contributed by atoms with E-state index >= 15 is 0 Å². The number of hydrogen-bond acceptors (Lipinski definition) is 2. The van der Waals surface area contributed by atoms with Crippen LogP contribution in [0.4, 0.5) is 5.69 Å². The predicted molar refractivity (Wildman–Crippen MR) is 53.3 cm³/mol. The van der Waals surface area contributed by atoms with Gasteiger partial charge < -0.3 is 10.8 Å². The maximum absolute atomic E-state index is 10.1. The summed E-state index contributed by atoms with van der Waals surface area (Å²) in [5.41, 5.74) is 7.68. The first-order chi connectivity index (χ1) is 6.15. The van der Waals surface area contributed by atoms with Gasteiger partial charge in [-0.3, -0.25) is 0 Å². The number of rotatable bonds is 1.